The molecule has 3 N–H and O–H groups in total. The number of anilines is 1. The van der Waals surface area contributed by atoms with Crippen LogP contribution in [0.1, 0.15) is 18.5 Å². The lowest BCUT2D eigenvalue weighted by Gasteiger charge is -2.17. The maximum atomic E-state index is 13.5. The highest BCUT2D eigenvalue weighted by Gasteiger charge is 2.13. The third-order valence-electron chi connectivity index (χ3n) is 2.78. The van der Waals surface area contributed by atoms with E-state index >= 15 is 0 Å². The number of aromatic hydroxyl groups is 2. The highest BCUT2D eigenvalue weighted by Crippen LogP contribution is 2.30. The van der Waals surface area contributed by atoms with Crippen molar-refractivity contribution in [2.75, 3.05) is 5.32 Å². The maximum Gasteiger partial charge on any atom is 0.149 e. The van der Waals surface area contributed by atoms with Crippen LogP contribution in [-0.2, 0) is 0 Å². The van der Waals surface area contributed by atoms with Gasteiger partial charge in [-0.1, -0.05) is 0 Å². The highest BCUT2D eigenvalue weighted by atomic mass is 19.1. The zero-order valence-electron chi connectivity index (χ0n) is 10.2. The van der Waals surface area contributed by atoms with E-state index in [0.717, 1.165) is 12.1 Å². The number of hydrogen-bond acceptors (Lipinski definition) is 3. The average molecular weight is 265 g/mol. The molecule has 0 radical (unpaired) electrons. The summed E-state index contributed by atoms with van der Waals surface area (Å²) in [4.78, 5) is 0. The number of nitrogens with one attached hydrogen (secondary N) is 1. The van der Waals surface area contributed by atoms with E-state index in [2.05, 4.69) is 5.32 Å². The second-order valence-corrected chi connectivity index (χ2v) is 4.23. The van der Waals surface area contributed by atoms with Crippen LogP contribution in [0.4, 0.5) is 14.5 Å². The minimum Gasteiger partial charge on any atom is -0.508 e. The Bertz CT molecular complexity index is 602. The van der Waals surface area contributed by atoms with Crippen LogP contribution in [0.15, 0.2) is 36.4 Å². The fraction of sp³-hybridized carbons (Fsp3) is 0.143. The van der Waals surface area contributed by atoms with Gasteiger partial charge in [-0.15, -0.1) is 0 Å². The van der Waals surface area contributed by atoms with E-state index in [-0.39, 0.29) is 17.2 Å². The molecule has 0 spiro atoms. The van der Waals surface area contributed by atoms with Crippen molar-refractivity contribution in [3.8, 4) is 11.5 Å². The Kier molecular flexibility index (Phi) is 3.55. The molecule has 1 atom stereocenters. The van der Waals surface area contributed by atoms with E-state index in [1.807, 2.05) is 0 Å². The minimum absolute atomic E-state index is 0.000952. The molecule has 3 nitrogen and oxygen atoms in total. The summed E-state index contributed by atoms with van der Waals surface area (Å²) in [6.45, 7) is 1.69. The van der Waals surface area contributed by atoms with Crippen LogP contribution in [-0.4, -0.2) is 10.2 Å². The van der Waals surface area contributed by atoms with Crippen LogP contribution >= 0.6 is 0 Å². The van der Waals surface area contributed by atoms with Crippen LogP contribution in [0, 0.1) is 11.6 Å². The van der Waals surface area contributed by atoms with Gasteiger partial charge in [-0.3, -0.25) is 0 Å². The molecule has 0 bridgehead atoms. The molecule has 0 saturated carbocycles. The number of phenols is 2. The standard InChI is InChI=1S/C14H13F2NO2/c1-8(11-7-10(18)3-5-14(11)19)17-13-4-2-9(15)6-12(13)16/h2-8,17-19H,1H3. The van der Waals surface area contributed by atoms with Gasteiger partial charge in [0.2, 0.25) is 0 Å². The molecule has 0 aromatic heterocycles. The number of rotatable bonds is 3. The van der Waals surface area contributed by atoms with E-state index < -0.39 is 17.7 Å². The Labute approximate surface area is 109 Å². The molecule has 0 heterocycles. The van der Waals surface area contributed by atoms with Gasteiger partial charge < -0.3 is 15.5 Å². The molecular formula is C14H13F2NO2. The smallest absolute Gasteiger partial charge is 0.149 e. The predicted molar refractivity (Wildman–Crippen MR) is 68.2 cm³/mol. The Hall–Kier alpha value is -2.30. The Morgan fingerprint density at radius 1 is 1.05 bits per heavy atom. The van der Waals surface area contributed by atoms with Gasteiger partial charge in [0, 0.05) is 11.6 Å². The molecule has 0 saturated heterocycles. The average Bonchev–Trinajstić information content (AvgIpc) is 2.35. The summed E-state index contributed by atoms with van der Waals surface area (Å²) in [6, 6.07) is 6.83. The lowest BCUT2D eigenvalue weighted by Crippen LogP contribution is -2.08. The normalized spacial score (nSPS) is 12.2. The topological polar surface area (TPSA) is 52.5 Å². The van der Waals surface area contributed by atoms with E-state index in [9.17, 15) is 19.0 Å². The van der Waals surface area contributed by atoms with Gasteiger partial charge in [-0.05, 0) is 37.3 Å². The van der Waals surface area contributed by atoms with Crippen molar-refractivity contribution >= 4 is 5.69 Å². The summed E-state index contributed by atoms with van der Waals surface area (Å²) >= 11 is 0. The first-order valence-electron chi connectivity index (χ1n) is 5.71. The van der Waals surface area contributed by atoms with Gasteiger partial charge in [0.05, 0.1) is 11.7 Å². The van der Waals surface area contributed by atoms with Crippen LogP contribution in [0.3, 0.4) is 0 Å². The largest absolute Gasteiger partial charge is 0.508 e. The SMILES string of the molecule is CC(Nc1ccc(F)cc1F)c1cc(O)ccc1O. The first-order valence-corrected chi connectivity index (χ1v) is 5.71. The van der Waals surface area contributed by atoms with Crippen molar-refractivity contribution in [3.63, 3.8) is 0 Å². The number of phenolic OH excluding ortho intramolecular Hbond substituents is 2. The van der Waals surface area contributed by atoms with E-state index in [1.54, 1.807) is 6.92 Å². The fourth-order valence-corrected chi connectivity index (χ4v) is 1.81. The first kappa shape index (κ1) is 13.1. The number of benzene rings is 2. The van der Waals surface area contributed by atoms with E-state index in [1.165, 1.54) is 24.3 Å². The molecule has 2 aromatic rings. The molecule has 0 fully saturated rings. The zero-order chi connectivity index (χ0) is 14.0. The summed E-state index contributed by atoms with van der Waals surface area (Å²) in [5, 5.41) is 21.9. The van der Waals surface area contributed by atoms with Crippen molar-refractivity contribution in [1.82, 2.24) is 0 Å². The third-order valence-corrected chi connectivity index (χ3v) is 2.78. The molecule has 1 unspecified atom stereocenters. The minimum atomic E-state index is -0.716. The first-order chi connectivity index (χ1) is 8.97. The summed E-state index contributed by atoms with van der Waals surface area (Å²) in [5.41, 5.74) is 0.542. The highest BCUT2D eigenvalue weighted by molar-refractivity contribution is 5.49. The zero-order valence-corrected chi connectivity index (χ0v) is 10.2. The summed E-state index contributed by atoms with van der Waals surface area (Å²) in [7, 11) is 0. The van der Waals surface area contributed by atoms with E-state index in [4.69, 9.17) is 0 Å². The van der Waals surface area contributed by atoms with Gasteiger partial charge in [-0.2, -0.15) is 0 Å². The third kappa shape index (κ3) is 2.93. The molecule has 100 valence electrons. The summed E-state index contributed by atoms with van der Waals surface area (Å²) in [6.07, 6.45) is 0. The van der Waals surface area contributed by atoms with Gasteiger partial charge in [0.15, 0.2) is 0 Å². The lowest BCUT2D eigenvalue weighted by molar-refractivity contribution is 0.451. The molecular weight excluding hydrogens is 252 g/mol. The van der Waals surface area contributed by atoms with Crippen molar-refractivity contribution in [2.24, 2.45) is 0 Å². The molecule has 19 heavy (non-hydrogen) atoms. The second-order valence-electron chi connectivity index (χ2n) is 4.23. The van der Waals surface area contributed by atoms with Crippen molar-refractivity contribution in [1.29, 1.82) is 0 Å². The molecule has 0 aliphatic heterocycles. The van der Waals surface area contributed by atoms with Crippen molar-refractivity contribution < 1.29 is 19.0 Å². The van der Waals surface area contributed by atoms with Gasteiger partial charge in [0.25, 0.3) is 0 Å². The molecule has 5 heteroatoms. The van der Waals surface area contributed by atoms with Gasteiger partial charge in [-0.25, -0.2) is 8.78 Å². The number of halogens is 2. The van der Waals surface area contributed by atoms with Crippen LogP contribution in [0.25, 0.3) is 0 Å². The van der Waals surface area contributed by atoms with Crippen LogP contribution in [0.2, 0.25) is 0 Å². The molecule has 2 aromatic carbocycles. The molecule has 0 aliphatic carbocycles. The summed E-state index contributed by atoms with van der Waals surface area (Å²) in [5.74, 6) is -1.39. The number of hydrogen-bond donors (Lipinski definition) is 3. The second kappa shape index (κ2) is 5.14. The molecule has 0 amide bonds. The van der Waals surface area contributed by atoms with Crippen LogP contribution in [0.5, 0.6) is 11.5 Å². The van der Waals surface area contributed by atoms with Gasteiger partial charge >= 0.3 is 0 Å². The molecule has 2 rings (SSSR count). The van der Waals surface area contributed by atoms with Gasteiger partial charge in [0.1, 0.15) is 23.1 Å². The quantitative estimate of drug-likeness (QED) is 0.744. The van der Waals surface area contributed by atoms with Crippen LogP contribution < -0.4 is 5.32 Å². The Morgan fingerprint density at radius 3 is 2.47 bits per heavy atom. The van der Waals surface area contributed by atoms with E-state index in [0.29, 0.717) is 5.56 Å². The Balaban J connectivity index is 2.25. The lowest BCUT2D eigenvalue weighted by atomic mass is 10.1. The monoisotopic (exact) mass is 265 g/mol. The maximum absolute atomic E-state index is 13.5. The Morgan fingerprint density at radius 2 is 1.79 bits per heavy atom. The fourth-order valence-electron chi connectivity index (χ4n) is 1.81. The predicted octanol–water partition coefficient (Wildman–Crippen LogP) is 3.55. The molecule has 0 aliphatic rings. The van der Waals surface area contributed by atoms with Crippen molar-refractivity contribution in [2.45, 2.75) is 13.0 Å². The van der Waals surface area contributed by atoms with Crippen molar-refractivity contribution in [3.05, 3.63) is 53.6 Å². The summed E-state index contributed by atoms with van der Waals surface area (Å²) < 4.78 is 26.3.